The summed E-state index contributed by atoms with van der Waals surface area (Å²) in [6, 6.07) is 55.7. The summed E-state index contributed by atoms with van der Waals surface area (Å²) in [4.78, 5) is 4.88. The predicted molar refractivity (Wildman–Crippen MR) is 239 cm³/mol. The van der Waals surface area contributed by atoms with Gasteiger partial charge >= 0.3 is 6.28 Å². The highest BCUT2D eigenvalue weighted by molar-refractivity contribution is 6.87. The molecule has 1 aromatic heterocycles. The molecule has 2 heterocycles. The van der Waals surface area contributed by atoms with Crippen molar-refractivity contribution in [3.8, 4) is 11.3 Å². The largest absolute Gasteiger partial charge is 0.414 e. The van der Waals surface area contributed by atoms with Crippen LogP contribution in [0.25, 0.3) is 11.3 Å². The van der Waals surface area contributed by atoms with Crippen LogP contribution in [0.3, 0.4) is 0 Å². The molecular weight excluding hydrogens is 665 g/mol. The van der Waals surface area contributed by atoms with E-state index in [0.29, 0.717) is 0 Å². The standard InChI is InChI=1S/C51H60BN3/c1-3-5-7-9-11-25-39-52(40-26-12-10-8-6-4-2)50-41-47(54(43-27-17-13-18-28-43)44-29-19-14-20-30-44)35-37-49(50)51-38-36-48(42-53(51)52)55(45-31-21-15-22-32-45)46-33-23-16-24-34-46/h13-24,27-38,41-42H,3-12,25-26,39-40H2,1-2H3. The minimum Gasteiger partial charge on any atom is -0.414 e. The van der Waals surface area contributed by atoms with Gasteiger partial charge in [0.05, 0.1) is 0 Å². The van der Waals surface area contributed by atoms with Crippen molar-refractivity contribution in [2.45, 2.75) is 104 Å². The summed E-state index contributed by atoms with van der Waals surface area (Å²) in [5.74, 6) is 0. The number of rotatable bonds is 20. The lowest BCUT2D eigenvalue weighted by Gasteiger charge is -2.34. The van der Waals surface area contributed by atoms with E-state index in [1.165, 1.54) is 135 Å². The van der Waals surface area contributed by atoms with Gasteiger partial charge in [-0.15, -0.1) is 18.1 Å². The molecule has 0 bridgehead atoms. The number of pyridine rings is 1. The van der Waals surface area contributed by atoms with Gasteiger partial charge < -0.3 is 14.3 Å². The molecule has 0 saturated heterocycles. The molecule has 0 N–H and O–H groups in total. The predicted octanol–water partition coefficient (Wildman–Crippen LogP) is 14.3. The fraction of sp³-hybridized carbons (Fsp3) is 0.314. The number of nitrogens with zero attached hydrogens (tertiary/aromatic N) is 3. The Hall–Kier alpha value is -5.09. The lowest BCUT2D eigenvalue weighted by molar-refractivity contribution is -0.529. The molecule has 0 atom stereocenters. The first kappa shape index (κ1) is 38.2. The van der Waals surface area contributed by atoms with Crippen molar-refractivity contribution in [1.82, 2.24) is 0 Å². The third kappa shape index (κ3) is 8.75. The fourth-order valence-corrected chi connectivity index (χ4v) is 9.25. The van der Waals surface area contributed by atoms with Crippen LogP contribution in [-0.4, -0.2) is 6.28 Å². The van der Waals surface area contributed by atoms with E-state index < -0.39 is 6.28 Å². The van der Waals surface area contributed by atoms with Gasteiger partial charge in [-0.05, 0) is 66.7 Å². The molecule has 6 aromatic rings. The number of benzene rings is 5. The van der Waals surface area contributed by atoms with Gasteiger partial charge in [-0.25, -0.2) is 0 Å². The fourth-order valence-electron chi connectivity index (χ4n) is 9.25. The Balaban J connectivity index is 1.37. The molecule has 1 aliphatic rings. The zero-order chi connectivity index (χ0) is 37.7. The minimum absolute atomic E-state index is 1.12. The maximum atomic E-state index is 2.79. The average molecular weight is 726 g/mol. The summed E-state index contributed by atoms with van der Waals surface area (Å²) in [6.45, 7) is 4.64. The van der Waals surface area contributed by atoms with Crippen molar-refractivity contribution in [3.05, 3.63) is 158 Å². The van der Waals surface area contributed by atoms with Crippen LogP contribution in [-0.2, 0) is 0 Å². The number of hydrogen-bond donors (Lipinski definition) is 0. The summed E-state index contributed by atoms with van der Waals surface area (Å²) in [6.07, 6.45) is 19.5. The summed E-state index contributed by atoms with van der Waals surface area (Å²) in [7, 11) is 0. The van der Waals surface area contributed by atoms with Crippen LogP contribution in [0.2, 0.25) is 12.6 Å². The van der Waals surface area contributed by atoms with E-state index >= 15 is 0 Å². The Morgan fingerprint density at radius 2 is 0.800 bits per heavy atom. The van der Waals surface area contributed by atoms with Crippen molar-refractivity contribution in [2.24, 2.45) is 0 Å². The van der Waals surface area contributed by atoms with Gasteiger partial charge in [0.1, 0.15) is 11.9 Å². The first-order valence-electron chi connectivity index (χ1n) is 21.4. The van der Waals surface area contributed by atoms with Crippen LogP contribution in [0, 0.1) is 0 Å². The maximum absolute atomic E-state index is 2.79. The van der Waals surface area contributed by atoms with Crippen molar-refractivity contribution >= 4 is 45.9 Å². The zero-order valence-electron chi connectivity index (χ0n) is 33.3. The molecular formula is C51H60BN3. The van der Waals surface area contributed by atoms with Crippen LogP contribution in [0.5, 0.6) is 0 Å². The zero-order valence-corrected chi connectivity index (χ0v) is 33.3. The second-order valence-electron chi connectivity index (χ2n) is 15.8. The SMILES string of the molecule is CCCCCCCC[B-]1(CCCCCCCC)c2cc(N(c3ccccc3)c3ccccc3)ccc2-c2ccc(N(c3ccccc3)c3ccccc3)c[n+]21. The molecule has 7 rings (SSSR count). The smallest absolute Gasteiger partial charge is 0.306 e. The molecule has 4 heteroatoms. The van der Waals surface area contributed by atoms with E-state index in [0.717, 1.165) is 0 Å². The Bertz CT molecular complexity index is 1820. The minimum atomic E-state index is -1.12. The average Bonchev–Trinajstić information content (AvgIpc) is 3.50. The normalized spacial score (nSPS) is 12.6. The van der Waals surface area contributed by atoms with Gasteiger partial charge in [-0.2, -0.15) is 0 Å². The second kappa shape index (κ2) is 19.0. The molecule has 0 unspecified atom stereocenters. The Morgan fingerprint density at radius 1 is 0.400 bits per heavy atom. The number of fused-ring (bicyclic) bond motifs is 3. The molecule has 55 heavy (non-hydrogen) atoms. The first-order valence-corrected chi connectivity index (χ1v) is 21.4. The van der Waals surface area contributed by atoms with Gasteiger partial charge in [-0.3, -0.25) is 0 Å². The molecule has 3 nitrogen and oxygen atoms in total. The molecule has 0 radical (unpaired) electrons. The Morgan fingerprint density at radius 3 is 1.25 bits per heavy atom. The van der Waals surface area contributed by atoms with E-state index in [-0.39, 0.29) is 0 Å². The number of unbranched alkanes of at least 4 members (excludes halogenated alkanes) is 10. The molecule has 0 saturated carbocycles. The molecule has 282 valence electrons. The van der Waals surface area contributed by atoms with Crippen LogP contribution in [0.1, 0.15) is 90.9 Å². The second-order valence-corrected chi connectivity index (χ2v) is 15.8. The first-order chi connectivity index (χ1) is 27.2. The number of anilines is 6. The van der Waals surface area contributed by atoms with Gasteiger partial charge in [0.25, 0.3) is 0 Å². The highest BCUT2D eigenvalue weighted by Crippen LogP contribution is 2.40. The van der Waals surface area contributed by atoms with Crippen LogP contribution < -0.4 is 19.7 Å². The van der Waals surface area contributed by atoms with E-state index in [2.05, 4.69) is 186 Å². The molecule has 0 fully saturated rings. The quantitative estimate of drug-likeness (QED) is 0.0573. The van der Waals surface area contributed by atoms with Crippen LogP contribution in [0.15, 0.2) is 158 Å². The summed E-state index contributed by atoms with van der Waals surface area (Å²) < 4.78 is 2.79. The van der Waals surface area contributed by atoms with E-state index in [9.17, 15) is 0 Å². The van der Waals surface area contributed by atoms with E-state index in [4.69, 9.17) is 0 Å². The number of hydrogen-bond acceptors (Lipinski definition) is 2. The number of para-hydroxylation sites is 4. The summed E-state index contributed by atoms with van der Waals surface area (Å²) >= 11 is 0. The summed E-state index contributed by atoms with van der Waals surface area (Å²) in [5, 5.41) is 0. The van der Waals surface area contributed by atoms with Crippen molar-refractivity contribution in [3.63, 3.8) is 0 Å². The summed E-state index contributed by atoms with van der Waals surface area (Å²) in [5.41, 5.74) is 11.5. The molecule has 0 amide bonds. The third-order valence-electron chi connectivity index (χ3n) is 12.0. The van der Waals surface area contributed by atoms with Crippen molar-refractivity contribution in [2.75, 3.05) is 9.80 Å². The van der Waals surface area contributed by atoms with E-state index in [1.807, 2.05) is 0 Å². The van der Waals surface area contributed by atoms with Crippen molar-refractivity contribution < 1.29 is 4.48 Å². The highest BCUT2D eigenvalue weighted by Gasteiger charge is 2.47. The van der Waals surface area contributed by atoms with Crippen molar-refractivity contribution in [1.29, 1.82) is 0 Å². The van der Waals surface area contributed by atoms with Crippen LogP contribution >= 0.6 is 0 Å². The lowest BCUT2D eigenvalue weighted by atomic mass is 9.27. The number of aromatic nitrogens is 1. The monoisotopic (exact) mass is 725 g/mol. The van der Waals surface area contributed by atoms with Gasteiger partial charge in [0.2, 0.25) is 0 Å². The van der Waals surface area contributed by atoms with Gasteiger partial charge in [0, 0.05) is 40.1 Å². The van der Waals surface area contributed by atoms with Crippen LogP contribution in [0.4, 0.5) is 34.1 Å². The Labute approximate surface area is 331 Å². The highest BCUT2D eigenvalue weighted by atomic mass is 15.2. The lowest BCUT2D eigenvalue weighted by Crippen LogP contribution is -2.68. The third-order valence-corrected chi connectivity index (χ3v) is 12.0. The van der Waals surface area contributed by atoms with Gasteiger partial charge in [-0.1, -0.05) is 170 Å². The molecule has 0 aliphatic carbocycles. The van der Waals surface area contributed by atoms with Gasteiger partial charge in [0.15, 0.2) is 5.69 Å². The topological polar surface area (TPSA) is 10.4 Å². The Kier molecular flexibility index (Phi) is 13.2. The van der Waals surface area contributed by atoms with E-state index in [1.54, 1.807) is 5.46 Å². The molecule has 1 aliphatic heterocycles. The molecule has 5 aromatic carbocycles. The maximum Gasteiger partial charge on any atom is 0.306 e. The molecule has 0 spiro atoms.